The molecule has 2 rings (SSSR count). The van der Waals surface area contributed by atoms with Crippen molar-refractivity contribution in [2.24, 2.45) is 5.10 Å². The second-order valence-electron chi connectivity index (χ2n) is 5.64. The summed E-state index contributed by atoms with van der Waals surface area (Å²) in [6.45, 7) is 6.23. The summed E-state index contributed by atoms with van der Waals surface area (Å²) >= 11 is 7.61. The van der Waals surface area contributed by atoms with Gasteiger partial charge in [-0.05, 0) is 43.2 Å². The zero-order valence-electron chi connectivity index (χ0n) is 15.1. The summed E-state index contributed by atoms with van der Waals surface area (Å²) in [6.07, 6.45) is 1.66. The van der Waals surface area contributed by atoms with Crippen LogP contribution in [0.4, 0.5) is 5.69 Å². The highest BCUT2D eigenvalue weighted by Gasteiger charge is 2.03. The van der Waals surface area contributed by atoms with Crippen molar-refractivity contribution in [3.05, 3.63) is 64.7 Å². The molecule has 0 unspecified atom stereocenters. The van der Waals surface area contributed by atoms with Crippen molar-refractivity contribution < 1.29 is 4.79 Å². The number of nitrogens with one attached hydrogen (secondary N) is 1. The number of thioether (sulfide) groups is 1. The number of carbonyl (C=O) groups is 1. The maximum Gasteiger partial charge on any atom is 0.250 e. The summed E-state index contributed by atoms with van der Waals surface area (Å²) in [4.78, 5) is 14.1. The molecule has 2 aromatic rings. The highest BCUT2D eigenvalue weighted by molar-refractivity contribution is 7.99. The minimum absolute atomic E-state index is 0.127. The molecule has 1 N–H and O–H groups in total. The third kappa shape index (κ3) is 6.39. The molecule has 138 valence electrons. The first kappa shape index (κ1) is 20.3. The molecule has 0 heterocycles. The Balaban J connectivity index is 1.75. The maximum absolute atomic E-state index is 11.8. The van der Waals surface area contributed by atoms with Gasteiger partial charge in [0.1, 0.15) is 0 Å². The quantitative estimate of drug-likeness (QED) is 0.504. The van der Waals surface area contributed by atoms with Crippen molar-refractivity contribution in [2.45, 2.75) is 19.6 Å². The summed E-state index contributed by atoms with van der Waals surface area (Å²) in [5, 5.41) is 4.75. The topological polar surface area (TPSA) is 44.7 Å². The Morgan fingerprint density at radius 2 is 1.85 bits per heavy atom. The lowest BCUT2D eigenvalue weighted by atomic mass is 10.2. The molecule has 1 amide bonds. The number of anilines is 1. The van der Waals surface area contributed by atoms with Crippen LogP contribution in [0, 0.1) is 0 Å². The third-order valence-corrected chi connectivity index (χ3v) is 5.22. The number of hydrogen-bond acceptors (Lipinski definition) is 4. The highest BCUT2D eigenvalue weighted by atomic mass is 35.5. The van der Waals surface area contributed by atoms with E-state index in [1.165, 1.54) is 17.4 Å². The van der Waals surface area contributed by atoms with Crippen molar-refractivity contribution in [1.29, 1.82) is 0 Å². The number of nitrogens with zero attached hydrogens (tertiary/aromatic N) is 2. The number of halogens is 1. The molecule has 0 spiro atoms. The van der Waals surface area contributed by atoms with Crippen LogP contribution in [0.3, 0.4) is 0 Å². The average molecular weight is 390 g/mol. The monoisotopic (exact) mass is 389 g/mol. The van der Waals surface area contributed by atoms with E-state index in [2.05, 4.69) is 41.4 Å². The van der Waals surface area contributed by atoms with Crippen LogP contribution in [0.5, 0.6) is 0 Å². The molecule has 2 aromatic carbocycles. The third-order valence-electron chi connectivity index (χ3n) is 3.87. The first-order valence-corrected chi connectivity index (χ1v) is 10.1. The van der Waals surface area contributed by atoms with Crippen molar-refractivity contribution in [1.82, 2.24) is 5.43 Å². The van der Waals surface area contributed by atoms with Gasteiger partial charge in [-0.25, -0.2) is 5.43 Å². The fourth-order valence-electron chi connectivity index (χ4n) is 2.44. The lowest BCUT2D eigenvalue weighted by molar-refractivity contribution is -0.118. The zero-order chi connectivity index (χ0) is 18.8. The molecular weight excluding hydrogens is 366 g/mol. The Labute approximate surface area is 164 Å². The maximum atomic E-state index is 11.8. The SMILES string of the molecule is CCN(CC)c1ccc(/C=N\NC(=O)CSCc2ccccc2Cl)cc1. The molecule has 6 heteroatoms. The van der Waals surface area contributed by atoms with E-state index in [1.54, 1.807) is 6.21 Å². The van der Waals surface area contributed by atoms with Crippen LogP contribution < -0.4 is 10.3 Å². The van der Waals surface area contributed by atoms with E-state index in [0.717, 1.165) is 29.2 Å². The molecule has 0 bridgehead atoms. The van der Waals surface area contributed by atoms with Crippen LogP contribution in [-0.2, 0) is 10.5 Å². The van der Waals surface area contributed by atoms with Gasteiger partial charge in [0.15, 0.2) is 0 Å². The molecule has 0 atom stereocenters. The van der Waals surface area contributed by atoms with Gasteiger partial charge in [0, 0.05) is 29.6 Å². The van der Waals surface area contributed by atoms with Crippen LogP contribution in [-0.4, -0.2) is 31.0 Å². The fraction of sp³-hybridized carbons (Fsp3) is 0.300. The first-order valence-electron chi connectivity index (χ1n) is 8.62. The zero-order valence-corrected chi connectivity index (χ0v) is 16.7. The number of hydrazone groups is 1. The Bertz CT molecular complexity index is 730. The van der Waals surface area contributed by atoms with E-state index < -0.39 is 0 Å². The molecule has 0 aliphatic heterocycles. The highest BCUT2D eigenvalue weighted by Crippen LogP contribution is 2.20. The summed E-state index contributed by atoms with van der Waals surface area (Å²) in [5.41, 5.74) is 5.73. The largest absolute Gasteiger partial charge is 0.372 e. The smallest absolute Gasteiger partial charge is 0.250 e. The van der Waals surface area contributed by atoms with Gasteiger partial charge in [0.25, 0.3) is 0 Å². The minimum Gasteiger partial charge on any atom is -0.372 e. The van der Waals surface area contributed by atoms with Gasteiger partial charge in [-0.2, -0.15) is 5.10 Å². The molecule has 0 fully saturated rings. The van der Waals surface area contributed by atoms with Gasteiger partial charge >= 0.3 is 0 Å². The predicted octanol–water partition coefficient (Wildman–Crippen LogP) is 4.57. The number of rotatable bonds is 9. The number of benzene rings is 2. The van der Waals surface area contributed by atoms with Crippen molar-refractivity contribution in [2.75, 3.05) is 23.7 Å². The van der Waals surface area contributed by atoms with Crippen molar-refractivity contribution in [3.8, 4) is 0 Å². The Morgan fingerprint density at radius 3 is 2.50 bits per heavy atom. The fourth-order valence-corrected chi connectivity index (χ4v) is 3.55. The molecule has 0 aliphatic rings. The molecule has 26 heavy (non-hydrogen) atoms. The first-order chi connectivity index (χ1) is 12.6. The Morgan fingerprint density at radius 1 is 1.15 bits per heavy atom. The molecule has 0 radical (unpaired) electrons. The van der Waals surface area contributed by atoms with E-state index >= 15 is 0 Å². The van der Waals surface area contributed by atoms with Crippen LogP contribution in [0.15, 0.2) is 53.6 Å². The van der Waals surface area contributed by atoms with E-state index in [9.17, 15) is 4.79 Å². The van der Waals surface area contributed by atoms with Gasteiger partial charge in [0.05, 0.1) is 12.0 Å². The van der Waals surface area contributed by atoms with Crippen LogP contribution in [0.2, 0.25) is 5.02 Å². The average Bonchev–Trinajstić information content (AvgIpc) is 2.65. The molecule has 0 saturated heterocycles. The van der Waals surface area contributed by atoms with E-state index in [0.29, 0.717) is 11.5 Å². The van der Waals surface area contributed by atoms with Crippen molar-refractivity contribution >= 4 is 41.2 Å². The predicted molar refractivity (Wildman–Crippen MR) is 113 cm³/mol. The van der Waals surface area contributed by atoms with Gasteiger partial charge < -0.3 is 4.90 Å². The molecule has 0 aliphatic carbocycles. The van der Waals surface area contributed by atoms with Crippen LogP contribution in [0.1, 0.15) is 25.0 Å². The lowest BCUT2D eigenvalue weighted by Gasteiger charge is -2.20. The lowest BCUT2D eigenvalue weighted by Crippen LogP contribution is -2.21. The molecule has 0 saturated carbocycles. The summed E-state index contributed by atoms with van der Waals surface area (Å²) < 4.78 is 0. The minimum atomic E-state index is -0.127. The van der Waals surface area contributed by atoms with Crippen molar-refractivity contribution in [3.63, 3.8) is 0 Å². The van der Waals surface area contributed by atoms with Crippen LogP contribution in [0.25, 0.3) is 0 Å². The number of carbonyl (C=O) groups excluding carboxylic acids is 1. The Kier molecular flexibility index (Phi) is 8.51. The number of hydrogen-bond donors (Lipinski definition) is 1. The Hall–Kier alpha value is -1.98. The second-order valence-corrected chi connectivity index (χ2v) is 7.03. The molecule has 0 aromatic heterocycles. The van der Waals surface area contributed by atoms with Gasteiger partial charge in [-0.15, -0.1) is 11.8 Å². The number of amides is 1. The second kappa shape index (κ2) is 10.9. The summed E-state index contributed by atoms with van der Waals surface area (Å²) in [7, 11) is 0. The molecule has 4 nitrogen and oxygen atoms in total. The van der Waals surface area contributed by atoms with Gasteiger partial charge in [0.2, 0.25) is 5.91 Å². The van der Waals surface area contributed by atoms with Crippen LogP contribution >= 0.6 is 23.4 Å². The van der Waals surface area contributed by atoms with Gasteiger partial charge in [-0.1, -0.05) is 41.9 Å². The standard InChI is InChI=1S/C20H24ClN3OS/c1-3-24(4-2)18-11-9-16(10-12-18)13-22-23-20(25)15-26-14-17-7-5-6-8-19(17)21/h5-13H,3-4,14-15H2,1-2H3,(H,23,25)/b22-13-. The van der Waals surface area contributed by atoms with Gasteiger partial charge in [-0.3, -0.25) is 4.79 Å². The van der Waals surface area contributed by atoms with E-state index in [4.69, 9.17) is 11.6 Å². The summed E-state index contributed by atoms with van der Waals surface area (Å²) in [6, 6.07) is 15.8. The normalized spacial score (nSPS) is 10.9. The summed E-state index contributed by atoms with van der Waals surface area (Å²) in [5.74, 6) is 0.908. The van der Waals surface area contributed by atoms with E-state index in [1.807, 2.05) is 36.4 Å². The van der Waals surface area contributed by atoms with E-state index in [-0.39, 0.29) is 5.91 Å². The molecular formula is C20H24ClN3OS.